The van der Waals surface area contributed by atoms with Gasteiger partial charge in [-0.3, -0.25) is 4.79 Å². The summed E-state index contributed by atoms with van der Waals surface area (Å²) in [6, 6.07) is 4.04. The van der Waals surface area contributed by atoms with Crippen molar-refractivity contribution in [3.8, 4) is 0 Å². The topological polar surface area (TPSA) is 75.4 Å². The first kappa shape index (κ1) is 20.2. The highest BCUT2D eigenvalue weighted by Gasteiger charge is 2.30. The molecule has 0 bridgehead atoms. The molecule has 31 heavy (non-hydrogen) atoms. The number of rotatable bonds is 4. The number of aromatic nitrogens is 4. The highest BCUT2D eigenvalue weighted by atomic mass is 35.5. The van der Waals surface area contributed by atoms with Crippen LogP contribution in [0.5, 0.6) is 0 Å². The molecule has 0 spiro atoms. The van der Waals surface area contributed by atoms with Gasteiger partial charge in [0.2, 0.25) is 11.9 Å². The van der Waals surface area contributed by atoms with Crippen LogP contribution in [0.15, 0.2) is 30.7 Å². The van der Waals surface area contributed by atoms with Crippen molar-refractivity contribution < 1.29 is 4.79 Å². The molecule has 4 aromatic heterocycles. The molecule has 4 heterocycles. The van der Waals surface area contributed by atoms with Crippen LogP contribution in [-0.2, 0) is 17.6 Å². The van der Waals surface area contributed by atoms with E-state index in [1.165, 1.54) is 10.4 Å². The van der Waals surface area contributed by atoms with Gasteiger partial charge in [0, 0.05) is 47.9 Å². The lowest BCUT2D eigenvalue weighted by Gasteiger charge is -2.29. The number of carbonyl (C=O) groups is 1. The van der Waals surface area contributed by atoms with Crippen LogP contribution in [0.1, 0.15) is 30.7 Å². The molecule has 4 aromatic rings. The zero-order valence-corrected chi connectivity index (χ0v) is 19.2. The third kappa shape index (κ3) is 3.64. The predicted octanol–water partition coefficient (Wildman–Crippen LogP) is 4.71. The van der Waals surface area contributed by atoms with Crippen LogP contribution in [0.4, 0.5) is 11.6 Å². The number of amides is 1. The fourth-order valence-electron chi connectivity index (χ4n) is 4.03. The summed E-state index contributed by atoms with van der Waals surface area (Å²) in [5, 5.41) is 9.06. The van der Waals surface area contributed by atoms with E-state index in [4.69, 9.17) is 16.6 Å². The minimum atomic E-state index is 0.0414. The van der Waals surface area contributed by atoms with Crippen molar-refractivity contribution in [3.63, 3.8) is 0 Å². The third-order valence-corrected chi connectivity index (χ3v) is 7.48. The largest absolute Gasteiger partial charge is 0.343 e. The van der Waals surface area contributed by atoms with Gasteiger partial charge in [-0.25, -0.2) is 14.5 Å². The molecule has 1 unspecified atom stereocenters. The van der Waals surface area contributed by atoms with Crippen molar-refractivity contribution >= 4 is 56.2 Å². The Kier molecular flexibility index (Phi) is 5.06. The molecule has 1 amide bonds. The van der Waals surface area contributed by atoms with Crippen molar-refractivity contribution in [2.45, 2.75) is 39.2 Å². The molecule has 1 aliphatic carbocycles. The smallest absolute Gasteiger partial charge is 0.228 e. The monoisotopic (exact) mass is 454 g/mol. The number of pyridine rings is 1. The number of fused-ring (bicyclic) bond motifs is 4. The third-order valence-electron chi connectivity index (χ3n) is 6.01. The molecule has 9 heteroatoms. The Bertz CT molecular complexity index is 1300. The van der Waals surface area contributed by atoms with E-state index in [9.17, 15) is 4.79 Å². The van der Waals surface area contributed by atoms with Crippen LogP contribution in [0, 0.1) is 5.92 Å². The van der Waals surface area contributed by atoms with Crippen molar-refractivity contribution in [1.82, 2.24) is 24.5 Å². The minimum Gasteiger partial charge on any atom is -0.343 e. The van der Waals surface area contributed by atoms with Crippen molar-refractivity contribution in [2.24, 2.45) is 5.92 Å². The van der Waals surface area contributed by atoms with E-state index in [1.54, 1.807) is 28.2 Å². The lowest BCUT2D eigenvalue weighted by molar-refractivity contribution is -0.136. The first-order valence-corrected chi connectivity index (χ1v) is 11.5. The average Bonchev–Trinajstić information content (AvgIpc) is 3.35. The molecule has 160 valence electrons. The van der Waals surface area contributed by atoms with E-state index in [0.717, 1.165) is 40.7 Å². The number of thiophene rings is 1. The zero-order chi connectivity index (χ0) is 21.7. The Labute approximate surface area is 189 Å². The first-order chi connectivity index (χ1) is 14.9. The SMILES string of the molecule is CC(C)N(C)C(=O)C1CCc2c(sc3nc(Nc4cc5ccnn5cc4Cl)ncc23)C1. The fourth-order valence-corrected chi connectivity index (χ4v) is 5.50. The Hall–Kier alpha value is -2.71. The van der Waals surface area contributed by atoms with Gasteiger partial charge in [-0.1, -0.05) is 11.6 Å². The van der Waals surface area contributed by atoms with Gasteiger partial charge in [-0.15, -0.1) is 11.3 Å². The van der Waals surface area contributed by atoms with Crippen LogP contribution >= 0.6 is 22.9 Å². The maximum absolute atomic E-state index is 12.8. The molecule has 7 nitrogen and oxygen atoms in total. The Morgan fingerprint density at radius 2 is 2.26 bits per heavy atom. The molecular weight excluding hydrogens is 432 g/mol. The van der Waals surface area contributed by atoms with Crippen molar-refractivity contribution in [2.75, 3.05) is 12.4 Å². The van der Waals surface area contributed by atoms with Gasteiger partial charge in [-0.2, -0.15) is 5.10 Å². The summed E-state index contributed by atoms with van der Waals surface area (Å²) in [5.41, 5.74) is 2.96. The van der Waals surface area contributed by atoms with Gasteiger partial charge in [0.15, 0.2) is 0 Å². The normalized spacial score (nSPS) is 16.1. The van der Waals surface area contributed by atoms with E-state index in [-0.39, 0.29) is 17.9 Å². The number of nitrogens with one attached hydrogen (secondary N) is 1. The van der Waals surface area contributed by atoms with E-state index in [2.05, 4.69) is 15.4 Å². The van der Waals surface area contributed by atoms with Gasteiger partial charge in [0.25, 0.3) is 0 Å². The number of hydrogen-bond donors (Lipinski definition) is 1. The number of hydrogen-bond acceptors (Lipinski definition) is 6. The highest BCUT2D eigenvalue weighted by molar-refractivity contribution is 7.18. The maximum atomic E-state index is 12.8. The number of carbonyl (C=O) groups excluding carboxylic acids is 1. The second-order valence-electron chi connectivity index (χ2n) is 8.26. The number of aryl methyl sites for hydroxylation is 1. The van der Waals surface area contributed by atoms with Crippen LogP contribution in [0.25, 0.3) is 15.7 Å². The minimum absolute atomic E-state index is 0.0414. The van der Waals surface area contributed by atoms with E-state index in [1.807, 2.05) is 44.1 Å². The molecule has 1 N–H and O–H groups in total. The maximum Gasteiger partial charge on any atom is 0.228 e. The standard InChI is InChI=1S/C22H23ClN6OS/c1-12(2)28(3)21(30)13-4-5-15-16-10-24-22(27-20(16)31-19(15)8-13)26-18-9-14-6-7-25-29(14)11-17(18)23/h6-7,9-13H,4-5,8H2,1-3H3,(H,24,26,27). The van der Waals surface area contributed by atoms with Gasteiger partial charge >= 0.3 is 0 Å². The fraction of sp³-hybridized carbons (Fsp3) is 0.364. The lowest BCUT2D eigenvalue weighted by atomic mass is 9.87. The molecule has 0 fully saturated rings. The molecule has 5 rings (SSSR count). The predicted molar refractivity (Wildman–Crippen MR) is 124 cm³/mol. The first-order valence-electron chi connectivity index (χ1n) is 10.3. The lowest BCUT2D eigenvalue weighted by Crippen LogP contribution is -2.39. The molecule has 0 aromatic carbocycles. The number of nitrogens with zero attached hydrogens (tertiary/aromatic N) is 5. The summed E-state index contributed by atoms with van der Waals surface area (Å²) >= 11 is 8.06. The Morgan fingerprint density at radius 1 is 1.42 bits per heavy atom. The van der Waals surface area contributed by atoms with Crippen LogP contribution < -0.4 is 5.32 Å². The van der Waals surface area contributed by atoms with Gasteiger partial charge < -0.3 is 10.2 Å². The Morgan fingerprint density at radius 3 is 3.06 bits per heavy atom. The van der Waals surface area contributed by atoms with E-state index in [0.29, 0.717) is 11.0 Å². The summed E-state index contributed by atoms with van der Waals surface area (Å²) in [6.45, 7) is 4.10. The second-order valence-corrected chi connectivity index (χ2v) is 9.75. The molecule has 0 saturated carbocycles. The molecule has 0 aliphatic heterocycles. The van der Waals surface area contributed by atoms with E-state index < -0.39 is 0 Å². The second kappa shape index (κ2) is 7.76. The van der Waals surface area contributed by atoms with Crippen LogP contribution in [0.2, 0.25) is 5.02 Å². The van der Waals surface area contributed by atoms with Crippen LogP contribution in [0.3, 0.4) is 0 Å². The molecule has 0 saturated heterocycles. The van der Waals surface area contributed by atoms with Gasteiger partial charge in [0.05, 0.1) is 16.2 Å². The summed E-state index contributed by atoms with van der Waals surface area (Å²) in [6.07, 6.45) is 7.90. The van der Waals surface area contributed by atoms with Gasteiger partial charge in [-0.05, 0) is 50.8 Å². The van der Waals surface area contributed by atoms with Crippen molar-refractivity contribution in [3.05, 3.63) is 46.2 Å². The zero-order valence-electron chi connectivity index (χ0n) is 17.6. The molecular formula is C22H23ClN6OS. The molecule has 1 aliphatic rings. The number of anilines is 2. The Balaban J connectivity index is 1.41. The summed E-state index contributed by atoms with van der Waals surface area (Å²) in [4.78, 5) is 26.1. The average molecular weight is 455 g/mol. The van der Waals surface area contributed by atoms with Gasteiger partial charge in [0.1, 0.15) is 4.83 Å². The highest BCUT2D eigenvalue weighted by Crippen LogP contribution is 2.38. The quantitative estimate of drug-likeness (QED) is 0.483. The summed E-state index contributed by atoms with van der Waals surface area (Å²) in [7, 11) is 1.89. The molecule has 0 radical (unpaired) electrons. The summed E-state index contributed by atoms with van der Waals surface area (Å²) in [5.74, 6) is 0.778. The number of halogens is 1. The van der Waals surface area contributed by atoms with Crippen LogP contribution in [-0.4, -0.2) is 43.5 Å². The van der Waals surface area contributed by atoms with E-state index >= 15 is 0 Å². The summed E-state index contributed by atoms with van der Waals surface area (Å²) < 4.78 is 1.72. The molecule has 1 atom stereocenters. The van der Waals surface area contributed by atoms with Crippen molar-refractivity contribution in [1.29, 1.82) is 0 Å².